The molecule has 13 heteroatoms. The summed E-state index contributed by atoms with van der Waals surface area (Å²) in [6.45, 7) is 0. The zero-order chi connectivity index (χ0) is 19.1. The van der Waals surface area contributed by atoms with Crippen molar-refractivity contribution < 1.29 is 23.4 Å². The minimum absolute atomic E-state index is 0.146. The third kappa shape index (κ3) is 3.74. The Labute approximate surface area is 148 Å². The molecule has 0 spiro atoms. The molecule has 0 unspecified atom stereocenters. The number of aliphatic imine (C=N–C) groups is 1. The van der Waals surface area contributed by atoms with E-state index in [1.165, 1.54) is 26.0 Å². The van der Waals surface area contributed by atoms with Crippen LogP contribution in [0.2, 0.25) is 5.02 Å². The molecule has 1 aliphatic rings. The van der Waals surface area contributed by atoms with Gasteiger partial charge in [-0.2, -0.15) is 9.50 Å². The first-order valence-electron chi connectivity index (χ1n) is 6.65. The van der Waals surface area contributed by atoms with Gasteiger partial charge in [0.2, 0.25) is 11.8 Å². The fraction of sp³-hybridized carbons (Fsp3) is 0.333. The smallest absolute Gasteiger partial charge is 0.276 e. The van der Waals surface area contributed by atoms with Crippen molar-refractivity contribution in [3.8, 4) is 11.8 Å². The van der Waals surface area contributed by atoms with Gasteiger partial charge in [-0.25, -0.2) is 18.4 Å². The molecule has 11 nitrogen and oxygen atoms in total. The largest absolute Gasteiger partial charge is 0.493 e. The van der Waals surface area contributed by atoms with Crippen LogP contribution in [-0.2, 0) is 14.8 Å². The van der Waals surface area contributed by atoms with Crippen LogP contribution in [0.5, 0.6) is 11.8 Å². The van der Waals surface area contributed by atoms with Gasteiger partial charge in [-0.15, -0.1) is 0 Å². The van der Waals surface area contributed by atoms with E-state index in [0.29, 0.717) is 0 Å². The summed E-state index contributed by atoms with van der Waals surface area (Å²) in [4.78, 5) is 19.6. The van der Waals surface area contributed by atoms with E-state index >= 15 is 0 Å². The van der Waals surface area contributed by atoms with Crippen LogP contribution < -0.4 is 0 Å². The van der Waals surface area contributed by atoms with Crippen LogP contribution in [0.4, 0.5) is 5.69 Å². The van der Waals surface area contributed by atoms with Crippen molar-refractivity contribution in [2.45, 2.75) is 0 Å². The predicted octanol–water partition coefficient (Wildman–Crippen LogP) is -0.101. The summed E-state index contributed by atoms with van der Waals surface area (Å²) in [5.74, 6) is -1.81. The topological polar surface area (TPSA) is 151 Å². The Kier molecular flexibility index (Phi) is 4.77. The van der Waals surface area contributed by atoms with Gasteiger partial charge in [-0.05, 0) is 0 Å². The van der Waals surface area contributed by atoms with Crippen molar-refractivity contribution in [1.82, 2.24) is 14.9 Å². The predicted molar refractivity (Wildman–Crippen MR) is 92.4 cm³/mol. The third-order valence-electron chi connectivity index (χ3n) is 2.95. The number of hydrogen-bond acceptors (Lipinski definition) is 7. The third-order valence-corrected chi connectivity index (χ3v) is 3.83. The molecule has 1 amide bonds. The molecule has 3 N–H and O–H groups in total. The summed E-state index contributed by atoms with van der Waals surface area (Å²) in [6.07, 6.45) is 0.847. The van der Waals surface area contributed by atoms with Gasteiger partial charge >= 0.3 is 0 Å². The number of carbonyl (C=O) groups excluding carboxylic acids is 1. The molecule has 0 saturated carbocycles. The number of aromatic amines is 1. The molecule has 2 rings (SSSR count). The second kappa shape index (κ2) is 6.37. The molecule has 0 radical (unpaired) electrons. The van der Waals surface area contributed by atoms with Gasteiger partial charge in [0, 0.05) is 21.1 Å². The first-order chi connectivity index (χ1) is 11.4. The second-order valence-electron chi connectivity index (χ2n) is 5.26. The molecule has 1 aliphatic heterocycles. The van der Waals surface area contributed by atoms with Crippen molar-refractivity contribution in [3.63, 3.8) is 0 Å². The number of nitrogens with one attached hydrogen (secondary N) is 1. The Morgan fingerprint density at radius 1 is 1.32 bits per heavy atom. The number of rotatable bonds is 3. The monoisotopic (exact) mass is 390 g/mol. The standard InChI is InChI=1S/C12H15ClN6O5S/c1-18(2)12(22)8-7(17-25(4,23)24)9(19(3)16-8)14-6-5(13)10(20)15-11(6)21/h15,20-21H,1-4H3/b14-9?,17-7-. The van der Waals surface area contributed by atoms with Crippen LogP contribution in [0.15, 0.2) is 14.5 Å². The molecule has 0 fully saturated rings. The first-order valence-corrected chi connectivity index (χ1v) is 8.87. The van der Waals surface area contributed by atoms with Crippen LogP contribution in [-0.4, -0.2) is 84.1 Å². The minimum atomic E-state index is -3.89. The normalized spacial score (nSPS) is 18.1. The molecule has 0 aromatic carbocycles. The number of halogens is 1. The highest BCUT2D eigenvalue weighted by atomic mass is 35.5. The molecule has 0 atom stereocenters. The number of sulfonamides is 1. The van der Waals surface area contributed by atoms with E-state index in [0.717, 1.165) is 11.3 Å². The number of nitrogens with zero attached hydrogens (tertiary/aromatic N) is 5. The van der Waals surface area contributed by atoms with E-state index in [1.54, 1.807) is 0 Å². The lowest BCUT2D eigenvalue weighted by atomic mass is 10.2. The molecule has 0 aliphatic carbocycles. The van der Waals surface area contributed by atoms with Crippen LogP contribution in [0.25, 0.3) is 0 Å². The van der Waals surface area contributed by atoms with Crippen molar-refractivity contribution in [1.29, 1.82) is 0 Å². The van der Waals surface area contributed by atoms with Gasteiger partial charge in [-0.1, -0.05) is 11.6 Å². The van der Waals surface area contributed by atoms with Crippen molar-refractivity contribution in [2.24, 2.45) is 14.5 Å². The number of amides is 1. The maximum absolute atomic E-state index is 12.2. The van der Waals surface area contributed by atoms with Gasteiger partial charge in [-0.3, -0.25) is 9.78 Å². The zero-order valence-corrected chi connectivity index (χ0v) is 15.2. The maximum Gasteiger partial charge on any atom is 0.276 e. The molecule has 25 heavy (non-hydrogen) atoms. The van der Waals surface area contributed by atoms with Gasteiger partial charge in [0.25, 0.3) is 15.9 Å². The SMILES string of the molecule is CN(C)C(=O)C1=NN(C)C(=Nc2c(O)[nH]c(O)c2Cl)/C1=N\S(C)(=O)=O. The molecular weight excluding hydrogens is 376 g/mol. The van der Waals surface area contributed by atoms with E-state index in [9.17, 15) is 23.4 Å². The summed E-state index contributed by atoms with van der Waals surface area (Å²) in [5, 5.41) is 24.0. The lowest BCUT2D eigenvalue weighted by molar-refractivity contribution is -0.121. The molecule has 1 aromatic heterocycles. The Hall–Kier alpha value is -2.60. The number of amidine groups is 1. The summed E-state index contributed by atoms with van der Waals surface area (Å²) >= 11 is 5.83. The molecule has 0 saturated heterocycles. The van der Waals surface area contributed by atoms with E-state index in [1.807, 2.05) is 0 Å². The highest BCUT2D eigenvalue weighted by molar-refractivity contribution is 7.89. The highest BCUT2D eigenvalue weighted by Crippen LogP contribution is 2.41. The fourth-order valence-corrected chi connectivity index (χ4v) is 2.56. The van der Waals surface area contributed by atoms with Crippen molar-refractivity contribution in [3.05, 3.63) is 5.02 Å². The van der Waals surface area contributed by atoms with Crippen LogP contribution in [0, 0.1) is 0 Å². The van der Waals surface area contributed by atoms with Crippen molar-refractivity contribution in [2.75, 3.05) is 27.4 Å². The molecule has 0 bridgehead atoms. The molecule has 136 valence electrons. The molecule has 1 aromatic rings. The lowest BCUT2D eigenvalue weighted by Crippen LogP contribution is -2.36. The summed E-state index contributed by atoms with van der Waals surface area (Å²) in [7, 11) is 0.446. The molecule has 2 heterocycles. The summed E-state index contributed by atoms with van der Waals surface area (Å²) in [5.41, 5.74) is -0.803. The average Bonchev–Trinajstić information content (AvgIpc) is 2.89. The number of carbonyl (C=O) groups is 1. The summed E-state index contributed by atoms with van der Waals surface area (Å²) < 4.78 is 26.7. The van der Waals surface area contributed by atoms with Gasteiger partial charge in [0.05, 0.1) is 6.26 Å². The average molecular weight is 391 g/mol. The zero-order valence-electron chi connectivity index (χ0n) is 13.6. The number of hydrazone groups is 1. The number of hydrogen-bond donors (Lipinski definition) is 3. The maximum atomic E-state index is 12.2. The quantitative estimate of drug-likeness (QED) is 0.655. The highest BCUT2D eigenvalue weighted by Gasteiger charge is 2.35. The minimum Gasteiger partial charge on any atom is -0.493 e. The van der Waals surface area contributed by atoms with Crippen LogP contribution in [0.1, 0.15) is 0 Å². The molecular formula is C12H15ClN6O5S. The number of aromatic hydroxyl groups is 2. The number of H-pyrrole nitrogens is 1. The Balaban J connectivity index is 2.67. The fourth-order valence-electron chi connectivity index (χ4n) is 1.89. The van der Waals surface area contributed by atoms with E-state index in [4.69, 9.17) is 11.6 Å². The van der Waals surface area contributed by atoms with E-state index < -0.39 is 27.7 Å². The summed E-state index contributed by atoms with van der Waals surface area (Å²) in [6, 6.07) is 0. The van der Waals surface area contributed by atoms with E-state index in [-0.39, 0.29) is 28.0 Å². The number of aromatic nitrogens is 1. The van der Waals surface area contributed by atoms with Crippen LogP contribution in [0.3, 0.4) is 0 Å². The lowest BCUT2D eigenvalue weighted by Gasteiger charge is -2.09. The van der Waals surface area contributed by atoms with Gasteiger partial charge in [0.1, 0.15) is 10.7 Å². The Bertz CT molecular complexity index is 930. The van der Waals surface area contributed by atoms with E-state index in [2.05, 4.69) is 19.5 Å². The first kappa shape index (κ1) is 18.7. The van der Waals surface area contributed by atoms with Crippen LogP contribution >= 0.6 is 11.6 Å². The van der Waals surface area contributed by atoms with Gasteiger partial charge < -0.3 is 15.1 Å². The van der Waals surface area contributed by atoms with Gasteiger partial charge in [0.15, 0.2) is 17.3 Å². The second-order valence-corrected chi connectivity index (χ2v) is 7.29. The van der Waals surface area contributed by atoms with Crippen molar-refractivity contribution >= 4 is 50.5 Å². The Morgan fingerprint density at radius 2 is 1.92 bits per heavy atom. The Morgan fingerprint density at radius 3 is 2.36 bits per heavy atom.